The van der Waals surface area contributed by atoms with E-state index in [0.29, 0.717) is 42.2 Å². The fourth-order valence-corrected chi connectivity index (χ4v) is 5.72. The van der Waals surface area contributed by atoms with E-state index in [2.05, 4.69) is 19.9 Å². The standard InChI is InChI=1S/C26H27Cl2FN2O3/c1-12(2)23-26(33-4)30-20(25(31-23)32-3)8-13-5-6-16(22-18(27)9-15(29)10-19(22)28)24-21(13)17-7-14(17)11-34-24/h5-6,9-10,12,14,17,20,23H,7-8,11H2,1-4H3/t14?,17?,20-,23+/m0/s1. The molecular weight excluding hydrogens is 478 g/mol. The first-order valence-corrected chi connectivity index (χ1v) is 12.2. The summed E-state index contributed by atoms with van der Waals surface area (Å²) in [5.74, 6) is 2.69. The Morgan fingerprint density at radius 2 is 1.79 bits per heavy atom. The highest BCUT2D eigenvalue weighted by atomic mass is 35.5. The summed E-state index contributed by atoms with van der Waals surface area (Å²) in [7, 11) is 3.27. The summed E-state index contributed by atoms with van der Waals surface area (Å²) in [6.07, 6.45) is 1.68. The van der Waals surface area contributed by atoms with Crippen molar-refractivity contribution in [2.45, 2.75) is 44.7 Å². The predicted molar refractivity (Wildman–Crippen MR) is 133 cm³/mol. The van der Waals surface area contributed by atoms with Gasteiger partial charge in [-0.3, -0.25) is 0 Å². The summed E-state index contributed by atoms with van der Waals surface area (Å²) in [4.78, 5) is 9.68. The lowest BCUT2D eigenvalue weighted by Gasteiger charge is -2.29. The number of fused-ring (bicyclic) bond motifs is 3. The molecule has 1 aliphatic carbocycles. The molecule has 2 aromatic rings. The highest BCUT2D eigenvalue weighted by molar-refractivity contribution is 6.39. The second-order valence-corrected chi connectivity index (χ2v) is 10.2. The van der Waals surface area contributed by atoms with Crippen molar-refractivity contribution < 1.29 is 18.6 Å². The molecule has 0 aromatic heterocycles. The number of hydrogen-bond acceptors (Lipinski definition) is 5. The van der Waals surface area contributed by atoms with Crippen molar-refractivity contribution in [3.63, 3.8) is 0 Å². The lowest BCUT2D eigenvalue weighted by molar-refractivity contribution is 0.279. The third kappa shape index (κ3) is 4.05. The second kappa shape index (κ2) is 9.04. The van der Waals surface area contributed by atoms with Crippen molar-refractivity contribution in [3.8, 4) is 16.9 Å². The van der Waals surface area contributed by atoms with Crippen LogP contribution in [0, 0.1) is 17.7 Å². The van der Waals surface area contributed by atoms with Gasteiger partial charge in [0.2, 0.25) is 11.8 Å². The van der Waals surface area contributed by atoms with Gasteiger partial charge in [-0.1, -0.05) is 49.2 Å². The smallest absolute Gasteiger partial charge is 0.209 e. The molecule has 5 nitrogen and oxygen atoms in total. The molecule has 8 heteroatoms. The van der Waals surface area contributed by atoms with E-state index in [1.807, 2.05) is 6.07 Å². The van der Waals surface area contributed by atoms with E-state index >= 15 is 0 Å². The van der Waals surface area contributed by atoms with Gasteiger partial charge in [-0.2, -0.15) is 0 Å². The zero-order valence-corrected chi connectivity index (χ0v) is 21.1. The van der Waals surface area contributed by atoms with Crippen LogP contribution in [0.25, 0.3) is 11.1 Å². The molecular formula is C26H27Cl2FN2O3. The molecule has 34 heavy (non-hydrogen) atoms. The van der Waals surface area contributed by atoms with Gasteiger partial charge in [0.15, 0.2) is 0 Å². The molecule has 3 aliphatic rings. The van der Waals surface area contributed by atoms with Crippen molar-refractivity contribution in [2.24, 2.45) is 21.8 Å². The van der Waals surface area contributed by atoms with E-state index in [1.54, 1.807) is 14.2 Å². The van der Waals surface area contributed by atoms with Crippen molar-refractivity contribution in [1.82, 2.24) is 0 Å². The van der Waals surface area contributed by atoms with Crippen LogP contribution in [-0.4, -0.2) is 44.7 Å². The SMILES string of the molecule is COC1=N[C@H](C(C)C)C(OC)=N[C@H]1Cc1ccc(-c2c(Cl)cc(F)cc2Cl)c2c1C1CC1CO2. The average Bonchev–Trinajstić information content (AvgIpc) is 3.59. The summed E-state index contributed by atoms with van der Waals surface area (Å²) in [5, 5.41) is 0.522. The Bertz CT molecular complexity index is 1170. The molecule has 2 heterocycles. The Labute approximate surface area is 208 Å². The van der Waals surface area contributed by atoms with Gasteiger partial charge in [0, 0.05) is 29.0 Å². The molecule has 2 aromatic carbocycles. The first-order chi connectivity index (χ1) is 16.3. The predicted octanol–water partition coefficient (Wildman–Crippen LogP) is 6.33. The van der Waals surface area contributed by atoms with Gasteiger partial charge >= 0.3 is 0 Å². The fourth-order valence-electron chi connectivity index (χ4n) is 5.05. The molecule has 0 radical (unpaired) electrons. The van der Waals surface area contributed by atoms with Crippen LogP contribution in [0.5, 0.6) is 5.75 Å². The van der Waals surface area contributed by atoms with Gasteiger partial charge in [0.1, 0.15) is 23.7 Å². The van der Waals surface area contributed by atoms with Crippen molar-refractivity contribution in [1.29, 1.82) is 0 Å². The van der Waals surface area contributed by atoms with E-state index in [0.717, 1.165) is 28.9 Å². The first-order valence-electron chi connectivity index (χ1n) is 11.5. The molecule has 0 saturated heterocycles. The lowest BCUT2D eigenvalue weighted by atomic mass is 9.89. The number of methoxy groups -OCH3 is 2. The summed E-state index contributed by atoms with van der Waals surface area (Å²) < 4.78 is 31.3. The average molecular weight is 505 g/mol. The molecule has 0 bridgehead atoms. The minimum atomic E-state index is -0.470. The third-order valence-electron chi connectivity index (χ3n) is 6.85. The first kappa shape index (κ1) is 23.4. The maximum atomic E-state index is 13.8. The summed E-state index contributed by atoms with van der Waals surface area (Å²) in [6.45, 7) is 4.82. The number of ether oxygens (including phenoxy) is 3. The van der Waals surface area contributed by atoms with Gasteiger partial charge in [-0.15, -0.1) is 0 Å². The van der Waals surface area contributed by atoms with Gasteiger partial charge in [-0.05, 0) is 36.0 Å². The number of halogens is 3. The zero-order chi connectivity index (χ0) is 24.1. The molecule has 2 unspecified atom stereocenters. The van der Waals surface area contributed by atoms with Crippen LogP contribution < -0.4 is 4.74 Å². The Morgan fingerprint density at radius 1 is 1.09 bits per heavy atom. The van der Waals surface area contributed by atoms with Crippen LogP contribution >= 0.6 is 23.2 Å². The maximum Gasteiger partial charge on any atom is 0.209 e. The Morgan fingerprint density at radius 3 is 2.44 bits per heavy atom. The summed E-state index contributed by atoms with van der Waals surface area (Å²) >= 11 is 12.8. The maximum absolute atomic E-state index is 13.8. The Balaban J connectivity index is 1.57. The van der Waals surface area contributed by atoms with Crippen molar-refractivity contribution >= 4 is 35.0 Å². The van der Waals surface area contributed by atoms with Crippen LogP contribution in [0.4, 0.5) is 4.39 Å². The molecule has 4 atom stereocenters. The largest absolute Gasteiger partial charge is 0.492 e. The number of aliphatic imine (C=N–C) groups is 2. The third-order valence-corrected chi connectivity index (χ3v) is 7.44. The minimum Gasteiger partial charge on any atom is -0.492 e. The van der Waals surface area contributed by atoms with Gasteiger partial charge < -0.3 is 14.2 Å². The molecule has 180 valence electrons. The summed E-state index contributed by atoms with van der Waals surface area (Å²) in [6, 6.07) is 6.13. The molecule has 0 N–H and O–H groups in total. The van der Waals surface area contributed by atoms with Gasteiger partial charge in [-0.25, -0.2) is 14.4 Å². The van der Waals surface area contributed by atoms with E-state index in [4.69, 9.17) is 47.4 Å². The zero-order valence-electron chi connectivity index (χ0n) is 19.6. The highest BCUT2D eigenvalue weighted by Crippen LogP contribution is 2.58. The highest BCUT2D eigenvalue weighted by Gasteiger charge is 2.46. The molecule has 1 saturated carbocycles. The van der Waals surface area contributed by atoms with Crippen LogP contribution in [-0.2, 0) is 15.9 Å². The molecule has 0 spiro atoms. The number of rotatable bonds is 4. The number of nitrogens with zero attached hydrogens (tertiary/aromatic N) is 2. The number of benzene rings is 2. The van der Waals surface area contributed by atoms with E-state index < -0.39 is 5.82 Å². The molecule has 5 rings (SSSR count). The lowest BCUT2D eigenvalue weighted by Crippen LogP contribution is -2.38. The van der Waals surface area contributed by atoms with Crippen LogP contribution in [0.2, 0.25) is 10.0 Å². The Hall–Kier alpha value is -2.31. The van der Waals surface area contributed by atoms with Gasteiger partial charge in [0.05, 0.1) is 30.9 Å². The second-order valence-electron chi connectivity index (χ2n) is 9.42. The molecule has 2 aliphatic heterocycles. The molecule has 1 fully saturated rings. The fraction of sp³-hybridized carbons (Fsp3) is 0.462. The quantitative estimate of drug-likeness (QED) is 0.488. The topological polar surface area (TPSA) is 52.4 Å². The van der Waals surface area contributed by atoms with Crippen LogP contribution in [0.3, 0.4) is 0 Å². The van der Waals surface area contributed by atoms with Crippen LogP contribution in [0.15, 0.2) is 34.3 Å². The number of hydrogen-bond donors (Lipinski definition) is 0. The Kier molecular flexibility index (Phi) is 6.23. The normalized spacial score (nSPS) is 25.1. The van der Waals surface area contributed by atoms with E-state index in [1.165, 1.54) is 12.1 Å². The van der Waals surface area contributed by atoms with Crippen LogP contribution in [0.1, 0.15) is 37.3 Å². The molecule has 0 amide bonds. The van der Waals surface area contributed by atoms with E-state index in [-0.39, 0.29) is 28.0 Å². The van der Waals surface area contributed by atoms with Gasteiger partial charge in [0.25, 0.3) is 0 Å². The minimum absolute atomic E-state index is 0.161. The van der Waals surface area contributed by atoms with Crippen molar-refractivity contribution in [3.05, 3.63) is 51.3 Å². The monoisotopic (exact) mass is 504 g/mol. The van der Waals surface area contributed by atoms with E-state index in [9.17, 15) is 4.39 Å². The summed E-state index contributed by atoms with van der Waals surface area (Å²) in [5.41, 5.74) is 3.64. The van der Waals surface area contributed by atoms with Crippen molar-refractivity contribution in [2.75, 3.05) is 20.8 Å².